The first-order valence-electron chi connectivity index (χ1n) is 10.0. The van der Waals surface area contributed by atoms with Crippen LogP contribution in [0, 0.1) is 12.8 Å². The Labute approximate surface area is 157 Å². The van der Waals surface area contributed by atoms with E-state index in [9.17, 15) is 0 Å². The van der Waals surface area contributed by atoms with Crippen molar-refractivity contribution in [2.75, 3.05) is 39.5 Å². The van der Waals surface area contributed by atoms with Gasteiger partial charge in [-0.25, -0.2) is 0 Å². The van der Waals surface area contributed by atoms with Crippen molar-refractivity contribution in [3.8, 4) is 0 Å². The Balaban J connectivity index is 1.37. The lowest BCUT2D eigenvalue weighted by Crippen LogP contribution is -2.39. The van der Waals surface area contributed by atoms with Crippen LogP contribution < -0.4 is 10.6 Å². The third kappa shape index (κ3) is 5.71. The Morgan fingerprint density at radius 1 is 1.35 bits per heavy atom. The summed E-state index contributed by atoms with van der Waals surface area (Å²) >= 11 is 0. The van der Waals surface area contributed by atoms with Crippen LogP contribution in [0.25, 0.3) is 0 Å². The Hall–Kier alpha value is -1.59. The van der Waals surface area contributed by atoms with Gasteiger partial charge in [-0.05, 0) is 44.2 Å². The van der Waals surface area contributed by atoms with Crippen LogP contribution in [-0.4, -0.2) is 51.5 Å². The van der Waals surface area contributed by atoms with E-state index in [0.29, 0.717) is 17.9 Å². The zero-order valence-corrected chi connectivity index (χ0v) is 16.2. The van der Waals surface area contributed by atoms with Gasteiger partial charge >= 0.3 is 0 Å². The Morgan fingerprint density at radius 3 is 3.00 bits per heavy atom. The SMILES string of the molecule is CCNC(=NCCCOCC1CCOC1)NC1CC1c1ccccc1C. The smallest absolute Gasteiger partial charge is 0.191 e. The number of hydrogen-bond acceptors (Lipinski definition) is 3. The van der Waals surface area contributed by atoms with Crippen molar-refractivity contribution in [3.63, 3.8) is 0 Å². The van der Waals surface area contributed by atoms with Gasteiger partial charge in [-0.2, -0.15) is 0 Å². The van der Waals surface area contributed by atoms with Gasteiger partial charge in [-0.1, -0.05) is 24.3 Å². The standard InChI is InChI=1S/C21H33N3O2/c1-3-22-21(23-10-6-11-25-14-17-9-12-26-15-17)24-20-13-19(20)18-8-5-4-7-16(18)2/h4-5,7-8,17,19-20H,3,6,9-15H2,1-2H3,(H2,22,23,24). The summed E-state index contributed by atoms with van der Waals surface area (Å²) in [6, 6.07) is 9.18. The maximum absolute atomic E-state index is 5.75. The fourth-order valence-corrected chi connectivity index (χ4v) is 3.52. The second kappa shape index (κ2) is 9.93. The molecule has 26 heavy (non-hydrogen) atoms. The number of guanidine groups is 1. The van der Waals surface area contributed by atoms with Gasteiger partial charge < -0.3 is 20.1 Å². The van der Waals surface area contributed by atoms with Crippen molar-refractivity contribution < 1.29 is 9.47 Å². The van der Waals surface area contributed by atoms with Gasteiger partial charge in [-0.3, -0.25) is 4.99 Å². The van der Waals surface area contributed by atoms with E-state index >= 15 is 0 Å². The van der Waals surface area contributed by atoms with Crippen molar-refractivity contribution in [2.45, 2.75) is 45.1 Å². The van der Waals surface area contributed by atoms with E-state index in [0.717, 1.165) is 58.3 Å². The monoisotopic (exact) mass is 359 g/mol. The summed E-state index contributed by atoms with van der Waals surface area (Å²) in [6.07, 6.45) is 3.27. The second-order valence-electron chi connectivity index (χ2n) is 7.37. The highest BCUT2D eigenvalue weighted by Crippen LogP contribution is 2.41. The zero-order chi connectivity index (χ0) is 18.2. The molecule has 0 spiro atoms. The van der Waals surface area contributed by atoms with Gasteiger partial charge in [0, 0.05) is 44.2 Å². The minimum atomic E-state index is 0.493. The summed E-state index contributed by atoms with van der Waals surface area (Å²) in [5.41, 5.74) is 2.85. The summed E-state index contributed by atoms with van der Waals surface area (Å²) in [4.78, 5) is 4.70. The highest BCUT2D eigenvalue weighted by atomic mass is 16.5. The molecular formula is C21H33N3O2. The van der Waals surface area contributed by atoms with Gasteiger partial charge in [0.25, 0.3) is 0 Å². The number of hydrogen-bond donors (Lipinski definition) is 2. The molecule has 0 aromatic heterocycles. The maximum atomic E-state index is 5.75. The average Bonchev–Trinajstić information content (AvgIpc) is 3.19. The quantitative estimate of drug-likeness (QED) is 0.404. The fourth-order valence-electron chi connectivity index (χ4n) is 3.52. The molecule has 1 aliphatic heterocycles. The molecule has 3 rings (SSSR count). The molecule has 1 aromatic rings. The van der Waals surface area contributed by atoms with Crippen molar-refractivity contribution in [2.24, 2.45) is 10.9 Å². The number of nitrogens with zero attached hydrogens (tertiary/aromatic N) is 1. The van der Waals surface area contributed by atoms with Crippen LogP contribution in [0.4, 0.5) is 0 Å². The van der Waals surface area contributed by atoms with E-state index in [-0.39, 0.29) is 0 Å². The molecule has 1 aromatic carbocycles. The largest absolute Gasteiger partial charge is 0.381 e. The van der Waals surface area contributed by atoms with Crippen LogP contribution in [0.3, 0.4) is 0 Å². The van der Waals surface area contributed by atoms with E-state index in [4.69, 9.17) is 14.5 Å². The number of nitrogens with one attached hydrogen (secondary N) is 2. The van der Waals surface area contributed by atoms with Crippen LogP contribution in [0.1, 0.15) is 43.2 Å². The molecule has 2 aliphatic rings. The molecule has 1 aliphatic carbocycles. The van der Waals surface area contributed by atoms with Crippen molar-refractivity contribution in [1.29, 1.82) is 0 Å². The molecule has 3 unspecified atom stereocenters. The fraction of sp³-hybridized carbons (Fsp3) is 0.667. The minimum absolute atomic E-state index is 0.493. The van der Waals surface area contributed by atoms with Crippen LogP contribution in [0.5, 0.6) is 0 Å². The normalized spacial score (nSPS) is 25.3. The second-order valence-corrected chi connectivity index (χ2v) is 7.37. The zero-order valence-electron chi connectivity index (χ0n) is 16.2. The topological polar surface area (TPSA) is 54.9 Å². The highest BCUT2D eigenvalue weighted by Gasteiger charge is 2.39. The first-order chi connectivity index (χ1) is 12.8. The van der Waals surface area contributed by atoms with Crippen LogP contribution in [0.15, 0.2) is 29.3 Å². The van der Waals surface area contributed by atoms with Gasteiger partial charge in [0.05, 0.1) is 13.2 Å². The Morgan fingerprint density at radius 2 is 2.23 bits per heavy atom. The predicted octanol–water partition coefficient (Wildman–Crippen LogP) is 2.85. The minimum Gasteiger partial charge on any atom is -0.381 e. The van der Waals surface area contributed by atoms with Gasteiger partial charge in [0.15, 0.2) is 5.96 Å². The lowest BCUT2D eigenvalue weighted by Gasteiger charge is -2.12. The molecule has 144 valence electrons. The molecule has 1 saturated carbocycles. The lowest BCUT2D eigenvalue weighted by molar-refractivity contribution is 0.0893. The maximum Gasteiger partial charge on any atom is 0.191 e. The number of aryl methyl sites for hydroxylation is 1. The predicted molar refractivity (Wildman–Crippen MR) is 106 cm³/mol. The van der Waals surface area contributed by atoms with Crippen LogP contribution in [0.2, 0.25) is 0 Å². The Bertz CT molecular complexity index is 584. The lowest BCUT2D eigenvalue weighted by atomic mass is 10.0. The average molecular weight is 360 g/mol. The van der Waals surface area contributed by atoms with E-state index in [2.05, 4.69) is 48.7 Å². The number of aliphatic imine (C=N–C) groups is 1. The summed E-state index contributed by atoms with van der Waals surface area (Å²) in [5.74, 6) is 2.13. The molecule has 1 heterocycles. The molecule has 3 atom stereocenters. The highest BCUT2D eigenvalue weighted by molar-refractivity contribution is 5.80. The molecular weight excluding hydrogens is 326 g/mol. The van der Waals surface area contributed by atoms with Crippen molar-refractivity contribution >= 4 is 5.96 Å². The summed E-state index contributed by atoms with van der Waals surface area (Å²) in [6.45, 7) is 9.31. The molecule has 2 N–H and O–H groups in total. The first-order valence-corrected chi connectivity index (χ1v) is 10.0. The number of ether oxygens (including phenoxy) is 2. The van der Waals surface area contributed by atoms with Gasteiger partial charge in [0.1, 0.15) is 0 Å². The summed E-state index contributed by atoms with van der Waals surface area (Å²) in [5, 5.41) is 6.94. The van der Waals surface area contributed by atoms with Gasteiger partial charge in [0.2, 0.25) is 0 Å². The van der Waals surface area contributed by atoms with E-state index < -0.39 is 0 Å². The van der Waals surface area contributed by atoms with E-state index in [1.807, 2.05) is 0 Å². The van der Waals surface area contributed by atoms with E-state index in [1.54, 1.807) is 0 Å². The number of rotatable bonds is 9. The molecule has 1 saturated heterocycles. The van der Waals surface area contributed by atoms with Crippen LogP contribution >= 0.6 is 0 Å². The first kappa shape index (κ1) is 19.2. The summed E-state index contributed by atoms with van der Waals surface area (Å²) < 4.78 is 11.1. The van der Waals surface area contributed by atoms with Crippen molar-refractivity contribution in [1.82, 2.24) is 10.6 Å². The Kier molecular flexibility index (Phi) is 7.32. The molecule has 0 radical (unpaired) electrons. The number of benzene rings is 1. The van der Waals surface area contributed by atoms with Crippen LogP contribution in [-0.2, 0) is 9.47 Å². The molecule has 5 heteroatoms. The molecule has 2 fully saturated rings. The molecule has 0 amide bonds. The van der Waals surface area contributed by atoms with E-state index in [1.165, 1.54) is 17.5 Å². The molecule has 0 bridgehead atoms. The van der Waals surface area contributed by atoms with Gasteiger partial charge in [-0.15, -0.1) is 0 Å². The third-order valence-electron chi connectivity index (χ3n) is 5.14. The molecule has 5 nitrogen and oxygen atoms in total. The third-order valence-corrected chi connectivity index (χ3v) is 5.14. The van der Waals surface area contributed by atoms with Crippen molar-refractivity contribution in [3.05, 3.63) is 35.4 Å². The summed E-state index contributed by atoms with van der Waals surface area (Å²) in [7, 11) is 0.